The van der Waals surface area contributed by atoms with Crippen LogP contribution in [0.15, 0.2) is 29.1 Å². The quantitative estimate of drug-likeness (QED) is 0.506. The SMILES string of the molecule is CCOCc1cnc(Cl)nc1Nc1ncc2c(c1F)C(CC)=C(C1=C(C)C3(CC3)CNC1=O)CC2. The summed E-state index contributed by atoms with van der Waals surface area (Å²) in [5.74, 6) is -0.0950. The number of allylic oxidation sites excluding steroid dienone is 1. The van der Waals surface area contributed by atoms with E-state index in [1.807, 2.05) is 13.8 Å². The first kappa shape index (κ1) is 23.9. The number of halogens is 2. The zero-order valence-electron chi connectivity index (χ0n) is 20.2. The van der Waals surface area contributed by atoms with Gasteiger partial charge in [-0.1, -0.05) is 12.5 Å². The first-order valence-electron chi connectivity index (χ1n) is 12.1. The second kappa shape index (κ2) is 9.32. The maximum Gasteiger partial charge on any atom is 0.251 e. The third kappa shape index (κ3) is 4.23. The van der Waals surface area contributed by atoms with Crippen molar-refractivity contribution in [2.45, 2.75) is 59.5 Å². The number of carbonyl (C=O) groups excluding carboxylic acids is 1. The van der Waals surface area contributed by atoms with E-state index in [4.69, 9.17) is 16.3 Å². The van der Waals surface area contributed by atoms with E-state index < -0.39 is 5.82 Å². The molecule has 2 aromatic heterocycles. The zero-order valence-corrected chi connectivity index (χ0v) is 21.0. The predicted molar refractivity (Wildman–Crippen MR) is 133 cm³/mol. The Morgan fingerprint density at radius 2 is 2.00 bits per heavy atom. The third-order valence-electron chi connectivity index (χ3n) is 7.44. The maximum absolute atomic E-state index is 16.1. The topological polar surface area (TPSA) is 89.0 Å². The fourth-order valence-electron chi connectivity index (χ4n) is 5.25. The molecule has 1 spiro atoms. The molecular formula is C26H29ClFN5O2. The summed E-state index contributed by atoms with van der Waals surface area (Å²) in [4.78, 5) is 25.6. The van der Waals surface area contributed by atoms with Crippen LogP contribution in [0.5, 0.6) is 0 Å². The number of fused-ring (bicyclic) bond motifs is 1. The van der Waals surface area contributed by atoms with Crippen LogP contribution in [0.4, 0.5) is 16.0 Å². The van der Waals surface area contributed by atoms with E-state index in [1.165, 1.54) is 0 Å². The standard InChI is InChI=1S/C26H29ClFN5O2/c1-4-17-18(19-14(3)26(8-9-26)13-31-24(19)34)7-6-15-10-29-23(21(28)20(15)17)32-22-16(12-35-5-2)11-30-25(27)33-22/h10-11H,4-9,12-13H2,1-3H3,(H,31,34)(H,29,30,32,33). The van der Waals surface area contributed by atoms with E-state index in [0.29, 0.717) is 49.4 Å². The van der Waals surface area contributed by atoms with Crippen molar-refractivity contribution in [3.63, 3.8) is 0 Å². The highest BCUT2D eigenvalue weighted by atomic mass is 35.5. The van der Waals surface area contributed by atoms with Crippen LogP contribution in [-0.2, 0) is 22.6 Å². The minimum Gasteiger partial charge on any atom is -0.377 e. The molecule has 0 unspecified atom stereocenters. The number of anilines is 2. The van der Waals surface area contributed by atoms with Crippen LogP contribution < -0.4 is 10.6 Å². The highest BCUT2D eigenvalue weighted by Gasteiger charge is 2.49. The summed E-state index contributed by atoms with van der Waals surface area (Å²) >= 11 is 6.01. The Morgan fingerprint density at radius 1 is 1.20 bits per heavy atom. The van der Waals surface area contributed by atoms with Gasteiger partial charge in [-0.3, -0.25) is 4.79 Å². The molecule has 9 heteroatoms. The van der Waals surface area contributed by atoms with Crippen LogP contribution in [0.2, 0.25) is 5.28 Å². The van der Waals surface area contributed by atoms with Crippen LogP contribution >= 0.6 is 11.6 Å². The van der Waals surface area contributed by atoms with Gasteiger partial charge in [-0.15, -0.1) is 0 Å². The summed E-state index contributed by atoms with van der Waals surface area (Å²) in [7, 11) is 0. The van der Waals surface area contributed by atoms with E-state index in [-0.39, 0.29) is 29.0 Å². The van der Waals surface area contributed by atoms with Gasteiger partial charge in [-0.2, -0.15) is 0 Å². The summed E-state index contributed by atoms with van der Waals surface area (Å²) in [6, 6.07) is 0. The van der Waals surface area contributed by atoms with Gasteiger partial charge in [0.05, 0.1) is 6.61 Å². The average molecular weight is 498 g/mol. The molecule has 0 saturated heterocycles. The molecule has 0 bridgehead atoms. The first-order chi connectivity index (χ1) is 16.9. The Bertz CT molecular complexity index is 1270. The number of hydrogen-bond donors (Lipinski definition) is 2. The van der Waals surface area contributed by atoms with Crippen molar-refractivity contribution in [1.29, 1.82) is 0 Å². The highest BCUT2D eigenvalue weighted by molar-refractivity contribution is 6.28. The number of amides is 1. The number of aryl methyl sites for hydroxylation is 1. The lowest BCUT2D eigenvalue weighted by molar-refractivity contribution is -0.118. The Hall–Kier alpha value is -2.84. The van der Waals surface area contributed by atoms with Crippen LogP contribution in [0.3, 0.4) is 0 Å². The normalized spacial score (nSPS) is 18.6. The molecule has 2 aliphatic carbocycles. The van der Waals surface area contributed by atoms with Gasteiger partial charge >= 0.3 is 0 Å². The molecule has 7 nitrogen and oxygen atoms in total. The monoisotopic (exact) mass is 497 g/mol. The number of carbonyl (C=O) groups is 1. The number of hydrogen-bond acceptors (Lipinski definition) is 6. The molecule has 5 rings (SSSR count). The van der Waals surface area contributed by atoms with Crippen LogP contribution in [0.1, 0.15) is 63.1 Å². The largest absolute Gasteiger partial charge is 0.377 e. The second-order valence-electron chi connectivity index (χ2n) is 9.37. The lowest BCUT2D eigenvalue weighted by atomic mass is 9.77. The molecule has 184 valence electrons. The van der Waals surface area contributed by atoms with Gasteiger partial charge in [0.1, 0.15) is 5.82 Å². The number of aromatic nitrogens is 3. The Balaban J connectivity index is 1.58. The van der Waals surface area contributed by atoms with E-state index in [2.05, 4.69) is 32.5 Å². The molecule has 3 heterocycles. The van der Waals surface area contributed by atoms with Crippen LogP contribution in [-0.4, -0.2) is 34.0 Å². The molecule has 1 fully saturated rings. The Labute approximate surface area is 209 Å². The Morgan fingerprint density at radius 3 is 2.71 bits per heavy atom. The minimum absolute atomic E-state index is 0.0438. The number of rotatable bonds is 7. The third-order valence-corrected chi connectivity index (χ3v) is 7.62. The van der Waals surface area contributed by atoms with E-state index >= 15 is 4.39 Å². The summed E-state index contributed by atoms with van der Waals surface area (Å²) in [5, 5.41) is 6.13. The van der Waals surface area contributed by atoms with Crippen molar-refractivity contribution in [3.8, 4) is 0 Å². The summed E-state index contributed by atoms with van der Waals surface area (Å²) < 4.78 is 21.6. The molecule has 0 radical (unpaired) electrons. The van der Waals surface area contributed by atoms with Crippen LogP contribution in [0.25, 0.3) is 5.57 Å². The van der Waals surface area contributed by atoms with Gasteiger partial charge in [-0.05, 0) is 74.3 Å². The molecule has 1 saturated carbocycles. The van der Waals surface area contributed by atoms with Gasteiger partial charge in [0.15, 0.2) is 11.6 Å². The molecule has 2 N–H and O–H groups in total. The lowest BCUT2D eigenvalue weighted by Crippen LogP contribution is -2.39. The fourth-order valence-corrected chi connectivity index (χ4v) is 5.38. The number of nitrogens with zero attached hydrogens (tertiary/aromatic N) is 3. The second-order valence-corrected chi connectivity index (χ2v) is 9.71. The van der Waals surface area contributed by atoms with Gasteiger partial charge in [-0.25, -0.2) is 19.3 Å². The molecular weight excluding hydrogens is 469 g/mol. The summed E-state index contributed by atoms with van der Waals surface area (Å²) in [6.45, 7) is 7.45. The highest BCUT2D eigenvalue weighted by Crippen LogP contribution is 2.55. The minimum atomic E-state index is -0.454. The number of nitrogens with one attached hydrogen (secondary N) is 2. The summed E-state index contributed by atoms with van der Waals surface area (Å²) in [6.07, 6.45) is 7.38. The number of ether oxygens (including phenoxy) is 1. The Kier molecular flexibility index (Phi) is 6.36. The van der Waals surface area contributed by atoms with Gasteiger partial charge < -0.3 is 15.4 Å². The molecule has 3 aliphatic rings. The molecule has 2 aromatic rings. The lowest BCUT2D eigenvalue weighted by Gasteiger charge is -2.31. The van der Waals surface area contributed by atoms with Crippen molar-refractivity contribution >= 4 is 34.7 Å². The maximum atomic E-state index is 16.1. The molecule has 0 aromatic carbocycles. The van der Waals surface area contributed by atoms with E-state index in [0.717, 1.165) is 40.7 Å². The van der Waals surface area contributed by atoms with Crippen molar-refractivity contribution < 1.29 is 13.9 Å². The van der Waals surface area contributed by atoms with Crippen molar-refractivity contribution in [2.75, 3.05) is 18.5 Å². The van der Waals surface area contributed by atoms with Gasteiger partial charge in [0.2, 0.25) is 5.28 Å². The average Bonchev–Trinajstić information content (AvgIpc) is 3.64. The van der Waals surface area contributed by atoms with Crippen molar-refractivity contribution in [2.24, 2.45) is 5.41 Å². The van der Waals surface area contributed by atoms with E-state index in [9.17, 15) is 4.79 Å². The summed E-state index contributed by atoms with van der Waals surface area (Å²) in [5.41, 5.74) is 5.84. The molecule has 0 atom stereocenters. The van der Waals surface area contributed by atoms with Crippen LogP contribution in [0, 0.1) is 11.2 Å². The first-order valence-corrected chi connectivity index (χ1v) is 12.5. The number of pyridine rings is 1. The van der Waals surface area contributed by atoms with Crippen molar-refractivity contribution in [1.82, 2.24) is 20.3 Å². The van der Waals surface area contributed by atoms with Crippen molar-refractivity contribution in [3.05, 3.63) is 56.9 Å². The molecule has 1 aliphatic heterocycles. The van der Waals surface area contributed by atoms with Gasteiger partial charge in [0, 0.05) is 47.7 Å². The zero-order chi connectivity index (χ0) is 24.7. The molecule has 35 heavy (non-hydrogen) atoms. The fraction of sp³-hybridized carbons (Fsp3) is 0.462. The van der Waals surface area contributed by atoms with E-state index in [1.54, 1.807) is 12.4 Å². The van der Waals surface area contributed by atoms with Gasteiger partial charge in [0.25, 0.3) is 5.91 Å². The predicted octanol–water partition coefficient (Wildman–Crippen LogP) is 5.28. The molecule has 1 amide bonds. The smallest absolute Gasteiger partial charge is 0.251 e.